The van der Waals surface area contributed by atoms with Gasteiger partial charge in [-0.2, -0.15) is 0 Å². The third kappa shape index (κ3) is 3.32. The van der Waals surface area contributed by atoms with Gasteiger partial charge in [-0.05, 0) is 31.6 Å². The molecule has 0 aromatic rings. The quantitative estimate of drug-likeness (QED) is 0.621. The van der Waals surface area contributed by atoms with E-state index >= 15 is 0 Å². The van der Waals surface area contributed by atoms with Gasteiger partial charge in [0.1, 0.15) is 0 Å². The van der Waals surface area contributed by atoms with E-state index in [0.29, 0.717) is 11.3 Å². The van der Waals surface area contributed by atoms with Gasteiger partial charge in [0.05, 0.1) is 0 Å². The van der Waals surface area contributed by atoms with Crippen molar-refractivity contribution >= 4 is 11.6 Å². The lowest BCUT2D eigenvalue weighted by Gasteiger charge is -2.18. The molecule has 1 fully saturated rings. The highest BCUT2D eigenvalue weighted by Gasteiger charge is 2.19. The Hall–Kier alpha value is 0.250. The van der Waals surface area contributed by atoms with E-state index in [1.165, 1.54) is 19.3 Å². The van der Waals surface area contributed by atoms with E-state index in [0.717, 1.165) is 26.1 Å². The minimum Gasteiger partial charge on any atom is -0.381 e. The number of hydrogen-bond acceptors (Lipinski definition) is 1. The molecule has 2 heteroatoms. The minimum atomic E-state index is 0.386. The van der Waals surface area contributed by atoms with Gasteiger partial charge >= 0.3 is 0 Å². The summed E-state index contributed by atoms with van der Waals surface area (Å²) in [5.41, 5.74) is 0. The smallest absolute Gasteiger partial charge is 0.0469 e. The first-order valence-corrected chi connectivity index (χ1v) is 5.50. The molecule has 0 aliphatic carbocycles. The molecule has 1 aliphatic rings. The molecule has 0 amide bonds. The Morgan fingerprint density at radius 2 is 2.25 bits per heavy atom. The van der Waals surface area contributed by atoms with Gasteiger partial charge in [-0.25, -0.2) is 0 Å². The summed E-state index contributed by atoms with van der Waals surface area (Å²) in [7, 11) is 0. The van der Waals surface area contributed by atoms with Crippen LogP contribution in [-0.2, 0) is 4.74 Å². The summed E-state index contributed by atoms with van der Waals surface area (Å²) in [5.74, 6) is 0.703. The first-order valence-electron chi connectivity index (χ1n) is 5.06. The van der Waals surface area contributed by atoms with Crippen molar-refractivity contribution in [2.24, 2.45) is 5.92 Å². The van der Waals surface area contributed by atoms with Crippen LogP contribution in [0.15, 0.2) is 0 Å². The minimum absolute atomic E-state index is 0.386. The Balaban J connectivity index is 2.27. The van der Waals surface area contributed by atoms with Gasteiger partial charge in [0, 0.05) is 18.6 Å². The van der Waals surface area contributed by atoms with Gasteiger partial charge < -0.3 is 4.74 Å². The van der Waals surface area contributed by atoms with Gasteiger partial charge in [0.25, 0.3) is 0 Å². The van der Waals surface area contributed by atoms with Crippen LogP contribution in [0.1, 0.15) is 39.0 Å². The fourth-order valence-electron chi connectivity index (χ4n) is 1.80. The molecule has 0 aromatic carbocycles. The molecule has 12 heavy (non-hydrogen) atoms. The van der Waals surface area contributed by atoms with E-state index < -0.39 is 0 Å². The summed E-state index contributed by atoms with van der Waals surface area (Å²) in [6.45, 7) is 4.05. The maximum absolute atomic E-state index is 6.28. The monoisotopic (exact) mass is 190 g/mol. The molecule has 1 heterocycles. The van der Waals surface area contributed by atoms with Crippen molar-refractivity contribution in [2.75, 3.05) is 13.2 Å². The fourth-order valence-corrected chi connectivity index (χ4v) is 2.27. The lowest BCUT2D eigenvalue weighted by atomic mass is 9.94. The molecule has 0 radical (unpaired) electrons. The predicted octanol–water partition coefficient (Wildman–Crippen LogP) is 3.21. The third-order valence-electron chi connectivity index (χ3n) is 2.57. The predicted molar refractivity (Wildman–Crippen MR) is 52.7 cm³/mol. The summed E-state index contributed by atoms with van der Waals surface area (Å²) < 4.78 is 5.39. The van der Waals surface area contributed by atoms with Gasteiger partial charge in [0.15, 0.2) is 0 Å². The second kappa shape index (κ2) is 5.82. The standard InChI is InChI=1S/C10H19ClO/c1-2-4-10(11)9-5-3-7-12-8-6-9/h9-10H,2-8H2,1H3. The highest BCUT2D eigenvalue weighted by molar-refractivity contribution is 6.20. The van der Waals surface area contributed by atoms with E-state index in [4.69, 9.17) is 16.3 Å². The van der Waals surface area contributed by atoms with E-state index in [2.05, 4.69) is 6.92 Å². The molecule has 1 rings (SSSR count). The highest BCUT2D eigenvalue weighted by Crippen LogP contribution is 2.26. The van der Waals surface area contributed by atoms with Crippen LogP contribution >= 0.6 is 11.6 Å². The van der Waals surface area contributed by atoms with Gasteiger partial charge in [0.2, 0.25) is 0 Å². The molecule has 0 aromatic heterocycles. The number of halogens is 1. The van der Waals surface area contributed by atoms with E-state index in [-0.39, 0.29) is 0 Å². The topological polar surface area (TPSA) is 9.23 Å². The largest absolute Gasteiger partial charge is 0.381 e. The van der Waals surface area contributed by atoms with Crippen LogP contribution in [0.5, 0.6) is 0 Å². The van der Waals surface area contributed by atoms with Crippen molar-refractivity contribution < 1.29 is 4.74 Å². The number of rotatable bonds is 3. The molecule has 2 atom stereocenters. The van der Waals surface area contributed by atoms with Crippen LogP contribution in [0, 0.1) is 5.92 Å². The molecule has 72 valence electrons. The zero-order valence-corrected chi connectivity index (χ0v) is 8.65. The first kappa shape index (κ1) is 10.3. The SMILES string of the molecule is CCCC(Cl)C1CCCOCC1. The van der Waals surface area contributed by atoms with Crippen molar-refractivity contribution in [3.63, 3.8) is 0 Å². The second-order valence-corrected chi connectivity index (χ2v) is 4.17. The molecule has 1 saturated heterocycles. The third-order valence-corrected chi connectivity index (χ3v) is 3.15. The second-order valence-electron chi connectivity index (χ2n) is 3.61. The van der Waals surface area contributed by atoms with Crippen LogP contribution in [0.25, 0.3) is 0 Å². The van der Waals surface area contributed by atoms with E-state index in [1.54, 1.807) is 0 Å². The molecule has 1 nitrogen and oxygen atoms in total. The van der Waals surface area contributed by atoms with E-state index in [9.17, 15) is 0 Å². The molecule has 2 unspecified atom stereocenters. The Morgan fingerprint density at radius 1 is 1.42 bits per heavy atom. The fraction of sp³-hybridized carbons (Fsp3) is 1.00. The molecule has 0 bridgehead atoms. The van der Waals surface area contributed by atoms with Crippen molar-refractivity contribution in [3.8, 4) is 0 Å². The zero-order valence-electron chi connectivity index (χ0n) is 7.89. The maximum Gasteiger partial charge on any atom is 0.0469 e. The zero-order chi connectivity index (χ0) is 8.81. The molecule has 1 aliphatic heterocycles. The Kier molecular flexibility index (Phi) is 5.01. The first-order chi connectivity index (χ1) is 5.84. The molecular formula is C10H19ClO. The Bertz CT molecular complexity index is 108. The van der Waals surface area contributed by atoms with Crippen molar-refractivity contribution in [1.82, 2.24) is 0 Å². The summed E-state index contributed by atoms with van der Waals surface area (Å²) in [5, 5.41) is 0.386. The highest BCUT2D eigenvalue weighted by atomic mass is 35.5. The summed E-state index contributed by atoms with van der Waals surface area (Å²) in [6.07, 6.45) is 5.97. The summed E-state index contributed by atoms with van der Waals surface area (Å²) >= 11 is 6.28. The summed E-state index contributed by atoms with van der Waals surface area (Å²) in [6, 6.07) is 0. The van der Waals surface area contributed by atoms with Crippen molar-refractivity contribution in [2.45, 2.75) is 44.4 Å². The maximum atomic E-state index is 6.28. The molecule has 0 N–H and O–H groups in total. The van der Waals surface area contributed by atoms with Crippen LogP contribution < -0.4 is 0 Å². The Labute approximate surface area is 80.4 Å². The van der Waals surface area contributed by atoms with E-state index in [1.807, 2.05) is 0 Å². The number of hydrogen-bond donors (Lipinski definition) is 0. The van der Waals surface area contributed by atoms with Crippen molar-refractivity contribution in [3.05, 3.63) is 0 Å². The number of alkyl halides is 1. The number of ether oxygens (including phenoxy) is 1. The van der Waals surface area contributed by atoms with Crippen LogP contribution in [-0.4, -0.2) is 18.6 Å². The Morgan fingerprint density at radius 3 is 3.00 bits per heavy atom. The summed E-state index contributed by atoms with van der Waals surface area (Å²) in [4.78, 5) is 0. The van der Waals surface area contributed by atoms with Crippen LogP contribution in [0.2, 0.25) is 0 Å². The average molecular weight is 191 g/mol. The lowest BCUT2D eigenvalue weighted by molar-refractivity contribution is 0.141. The molecule has 0 saturated carbocycles. The van der Waals surface area contributed by atoms with Crippen LogP contribution in [0.4, 0.5) is 0 Å². The normalized spacial score (nSPS) is 28.0. The average Bonchev–Trinajstić information content (AvgIpc) is 2.32. The van der Waals surface area contributed by atoms with Gasteiger partial charge in [-0.15, -0.1) is 11.6 Å². The molecular weight excluding hydrogens is 172 g/mol. The van der Waals surface area contributed by atoms with Crippen molar-refractivity contribution in [1.29, 1.82) is 0 Å². The van der Waals surface area contributed by atoms with Crippen LogP contribution in [0.3, 0.4) is 0 Å². The van der Waals surface area contributed by atoms with Gasteiger partial charge in [-0.1, -0.05) is 13.3 Å². The molecule has 0 spiro atoms. The van der Waals surface area contributed by atoms with Gasteiger partial charge in [-0.3, -0.25) is 0 Å². The lowest BCUT2D eigenvalue weighted by Crippen LogP contribution is -2.15.